The lowest BCUT2D eigenvalue weighted by Gasteiger charge is -2.20. The summed E-state index contributed by atoms with van der Waals surface area (Å²) < 4.78 is 8.24. The van der Waals surface area contributed by atoms with Gasteiger partial charge in [-0.2, -0.15) is 0 Å². The van der Waals surface area contributed by atoms with Gasteiger partial charge in [0.2, 0.25) is 0 Å². The highest BCUT2D eigenvalue weighted by Crippen LogP contribution is 2.34. The van der Waals surface area contributed by atoms with Crippen LogP contribution in [-0.2, 0) is 16.1 Å². The Morgan fingerprint density at radius 1 is 1.07 bits per heavy atom. The van der Waals surface area contributed by atoms with Crippen LogP contribution in [0.15, 0.2) is 36.9 Å². The Morgan fingerprint density at radius 2 is 1.63 bits per heavy atom. The lowest BCUT2D eigenvalue weighted by Crippen LogP contribution is -2.09. The molecule has 0 spiro atoms. The number of para-hydroxylation sites is 1. The first-order valence-corrected chi connectivity index (χ1v) is 8.91. The first-order valence-electron chi connectivity index (χ1n) is 8.91. The van der Waals surface area contributed by atoms with E-state index in [1.54, 1.807) is 0 Å². The predicted octanol–water partition coefficient (Wildman–Crippen LogP) is 3.75. The van der Waals surface area contributed by atoms with Crippen LogP contribution in [0.3, 0.4) is 0 Å². The first-order chi connectivity index (χ1) is 12.7. The number of aromatic nitrogens is 2. The molecule has 0 atom stereocenters. The van der Waals surface area contributed by atoms with Crippen LogP contribution in [0.2, 0.25) is 0 Å². The van der Waals surface area contributed by atoms with Gasteiger partial charge in [0.1, 0.15) is 5.75 Å². The number of rotatable bonds is 7. The molecule has 0 aliphatic rings. The number of hydrogen-bond acceptors (Lipinski definition) is 4. The molecule has 0 unspecified atom stereocenters. The molecule has 7 nitrogen and oxygen atoms in total. The average molecular weight is 376 g/mol. The summed E-state index contributed by atoms with van der Waals surface area (Å²) in [7, 11) is 0. The fourth-order valence-corrected chi connectivity index (χ4v) is 2.49. The molecule has 2 rings (SSSR count). The number of carbonyl (C=O) groups is 2. The fourth-order valence-electron chi connectivity index (χ4n) is 2.49. The van der Waals surface area contributed by atoms with Gasteiger partial charge in [0.05, 0.1) is 12.9 Å². The molecule has 0 radical (unpaired) electrons. The summed E-state index contributed by atoms with van der Waals surface area (Å²) in [6.07, 6.45) is 6.63. The molecule has 0 aliphatic heterocycles. The highest BCUT2D eigenvalue weighted by Gasteiger charge is 2.14. The summed E-state index contributed by atoms with van der Waals surface area (Å²) in [4.78, 5) is 22.3. The average Bonchev–Trinajstić information content (AvgIpc) is 3.12. The van der Waals surface area contributed by atoms with E-state index in [2.05, 4.69) is 55.4 Å². The molecular formula is C20H28N2O5. The molecule has 1 heterocycles. The summed E-state index contributed by atoms with van der Waals surface area (Å²) in [5.74, 6) is -1.60. The van der Waals surface area contributed by atoms with Crippen molar-refractivity contribution in [2.45, 2.75) is 52.5 Å². The Bertz CT molecular complexity index is 686. The van der Waals surface area contributed by atoms with Crippen LogP contribution in [0.25, 0.3) is 0 Å². The number of benzene rings is 1. The molecule has 0 saturated heterocycles. The van der Waals surface area contributed by atoms with Crippen LogP contribution >= 0.6 is 0 Å². The van der Waals surface area contributed by atoms with Crippen molar-refractivity contribution in [1.29, 1.82) is 0 Å². The van der Waals surface area contributed by atoms with Crippen molar-refractivity contribution in [3.63, 3.8) is 0 Å². The number of nitrogens with zero attached hydrogens (tertiary/aromatic N) is 2. The van der Waals surface area contributed by atoms with Crippen molar-refractivity contribution in [1.82, 2.24) is 9.55 Å². The molecule has 1 aromatic carbocycles. The van der Waals surface area contributed by atoms with E-state index in [-0.39, 0.29) is 0 Å². The molecule has 0 fully saturated rings. The van der Waals surface area contributed by atoms with E-state index >= 15 is 0 Å². The van der Waals surface area contributed by atoms with E-state index in [1.807, 2.05) is 18.7 Å². The minimum Gasteiger partial charge on any atom is -0.493 e. The van der Waals surface area contributed by atoms with Crippen molar-refractivity contribution in [3.8, 4) is 5.75 Å². The van der Waals surface area contributed by atoms with Crippen molar-refractivity contribution >= 4 is 11.9 Å². The molecular weight excluding hydrogens is 348 g/mol. The summed E-state index contributed by atoms with van der Waals surface area (Å²) in [5, 5.41) is 14.8. The zero-order valence-electron chi connectivity index (χ0n) is 16.3. The van der Waals surface area contributed by atoms with Crippen molar-refractivity contribution in [2.75, 3.05) is 6.61 Å². The van der Waals surface area contributed by atoms with Gasteiger partial charge in [-0.1, -0.05) is 45.9 Å². The van der Waals surface area contributed by atoms with E-state index in [9.17, 15) is 0 Å². The molecule has 2 aromatic rings. The molecule has 148 valence electrons. The molecule has 0 bridgehead atoms. The molecule has 0 saturated carbocycles. The summed E-state index contributed by atoms with van der Waals surface area (Å²) in [5.41, 5.74) is 2.62. The maximum Gasteiger partial charge on any atom is 0.414 e. The Labute approximate surface area is 159 Å². The zero-order valence-corrected chi connectivity index (χ0v) is 16.3. The van der Waals surface area contributed by atoms with Crippen LogP contribution in [-0.4, -0.2) is 38.3 Å². The largest absolute Gasteiger partial charge is 0.493 e. The van der Waals surface area contributed by atoms with E-state index in [4.69, 9.17) is 24.5 Å². The molecule has 0 amide bonds. The van der Waals surface area contributed by atoms with E-state index < -0.39 is 11.9 Å². The second kappa shape index (κ2) is 11.0. The van der Waals surface area contributed by atoms with E-state index in [0.717, 1.165) is 25.3 Å². The lowest BCUT2D eigenvalue weighted by atomic mass is 9.94. The van der Waals surface area contributed by atoms with Crippen molar-refractivity contribution < 1.29 is 24.5 Å². The number of imidazole rings is 1. The van der Waals surface area contributed by atoms with Crippen LogP contribution in [0.4, 0.5) is 0 Å². The Morgan fingerprint density at radius 3 is 2.04 bits per heavy atom. The van der Waals surface area contributed by atoms with E-state index in [0.29, 0.717) is 11.8 Å². The highest BCUT2D eigenvalue weighted by atomic mass is 16.5. The van der Waals surface area contributed by atoms with Gasteiger partial charge in [0.25, 0.3) is 0 Å². The molecule has 0 aliphatic carbocycles. The van der Waals surface area contributed by atoms with Crippen LogP contribution in [0.5, 0.6) is 5.75 Å². The second-order valence-electron chi connectivity index (χ2n) is 6.69. The third-order valence-corrected chi connectivity index (χ3v) is 3.87. The standard InChI is InChI=1S/C18H26N2O.C2H2O4/c1-14(2)16-7-5-8-17(15(3)4)18(16)21-12-6-10-20-11-9-19-13-20;3-1(4)2(5)6/h5,7-9,11,13-15H,6,10,12H2,1-4H3;(H,3,4)(H,5,6). The van der Waals surface area contributed by atoms with Crippen molar-refractivity contribution in [2.24, 2.45) is 0 Å². The lowest BCUT2D eigenvalue weighted by molar-refractivity contribution is -0.159. The Hall–Kier alpha value is -2.83. The van der Waals surface area contributed by atoms with Gasteiger partial charge in [0, 0.05) is 18.9 Å². The maximum absolute atomic E-state index is 9.10. The highest BCUT2D eigenvalue weighted by molar-refractivity contribution is 6.27. The molecule has 27 heavy (non-hydrogen) atoms. The maximum atomic E-state index is 9.10. The van der Waals surface area contributed by atoms with Crippen LogP contribution < -0.4 is 4.74 Å². The van der Waals surface area contributed by atoms with Crippen molar-refractivity contribution in [3.05, 3.63) is 48.0 Å². The van der Waals surface area contributed by atoms with Crippen LogP contribution in [0.1, 0.15) is 57.1 Å². The first kappa shape index (κ1) is 22.2. The molecule has 1 aromatic heterocycles. The second-order valence-corrected chi connectivity index (χ2v) is 6.69. The predicted molar refractivity (Wildman–Crippen MR) is 102 cm³/mol. The third kappa shape index (κ3) is 7.52. The Balaban J connectivity index is 0.000000527. The summed E-state index contributed by atoms with van der Waals surface area (Å²) >= 11 is 0. The normalized spacial score (nSPS) is 10.4. The number of carboxylic acids is 2. The summed E-state index contributed by atoms with van der Waals surface area (Å²) in [6.45, 7) is 10.6. The fraction of sp³-hybridized carbons (Fsp3) is 0.450. The van der Waals surface area contributed by atoms with Gasteiger partial charge in [-0.15, -0.1) is 0 Å². The SMILES string of the molecule is CC(C)c1cccc(C(C)C)c1OCCCn1ccnc1.O=C(O)C(=O)O. The van der Waals surface area contributed by atoms with Gasteiger partial charge < -0.3 is 19.5 Å². The van der Waals surface area contributed by atoms with Crippen LogP contribution in [0, 0.1) is 0 Å². The van der Waals surface area contributed by atoms with Gasteiger partial charge >= 0.3 is 11.9 Å². The van der Waals surface area contributed by atoms with E-state index in [1.165, 1.54) is 11.1 Å². The van der Waals surface area contributed by atoms with Gasteiger partial charge in [-0.05, 0) is 29.4 Å². The number of ether oxygens (including phenoxy) is 1. The molecule has 2 N–H and O–H groups in total. The van der Waals surface area contributed by atoms with Gasteiger partial charge in [-0.3, -0.25) is 0 Å². The minimum atomic E-state index is -1.82. The smallest absolute Gasteiger partial charge is 0.414 e. The quantitative estimate of drug-likeness (QED) is 0.564. The number of hydrogen-bond donors (Lipinski definition) is 2. The third-order valence-electron chi connectivity index (χ3n) is 3.87. The minimum absolute atomic E-state index is 0.479. The van der Waals surface area contributed by atoms with Gasteiger partial charge in [-0.25, -0.2) is 14.6 Å². The monoisotopic (exact) mass is 376 g/mol. The number of carboxylic acid groups (broad SMARTS) is 2. The zero-order chi connectivity index (χ0) is 20.4. The number of aliphatic carboxylic acids is 2. The summed E-state index contributed by atoms with van der Waals surface area (Å²) in [6, 6.07) is 6.51. The topological polar surface area (TPSA) is 102 Å². The molecule has 7 heteroatoms. The van der Waals surface area contributed by atoms with Gasteiger partial charge in [0.15, 0.2) is 0 Å². The Kier molecular flexibility index (Phi) is 9.05. The number of aryl methyl sites for hydroxylation is 1.